The first-order valence-corrected chi connectivity index (χ1v) is 9.50. The van der Waals surface area contributed by atoms with Crippen molar-refractivity contribution in [3.8, 4) is 5.75 Å². The van der Waals surface area contributed by atoms with Crippen molar-refractivity contribution in [3.05, 3.63) is 28.8 Å². The van der Waals surface area contributed by atoms with Crippen molar-refractivity contribution in [1.29, 1.82) is 0 Å². The molecular formula is C19H32ClIN4O2. The van der Waals surface area contributed by atoms with Crippen LogP contribution in [-0.2, 0) is 11.3 Å². The van der Waals surface area contributed by atoms with Gasteiger partial charge in [0.15, 0.2) is 5.96 Å². The van der Waals surface area contributed by atoms with Crippen molar-refractivity contribution in [1.82, 2.24) is 15.5 Å². The molecule has 1 atom stereocenters. The Morgan fingerprint density at radius 2 is 2.19 bits per heavy atom. The molecule has 1 aliphatic rings. The molecule has 0 spiro atoms. The van der Waals surface area contributed by atoms with Crippen molar-refractivity contribution in [2.45, 2.75) is 26.5 Å². The van der Waals surface area contributed by atoms with E-state index in [2.05, 4.69) is 34.4 Å². The van der Waals surface area contributed by atoms with Crippen LogP contribution in [0.15, 0.2) is 23.2 Å². The second-order valence-corrected chi connectivity index (χ2v) is 7.35. The fourth-order valence-electron chi connectivity index (χ4n) is 3.06. The van der Waals surface area contributed by atoms with Crippen LogP contribution in [0, 0.1) is 5.92 Å². The topological polar surface area (TPSA) is 58.1 Å². The van der Waals surface area contributed by atoms with Crippen molar-refractivity contribution in [2.75, 3.05) is 46.9 Å². The molecule has 1 aromatic carbocycles. The molecule has 0 aliphatic carbocycles. The maximum atomic E-state index is 6.01. The fourth-order valence-corrected chi connectivity index (χ4v) is 3.22. The van der Waals surface area contributed by atoms with E-state index >= 15 is 0 Å². The van der Waals surface area contributed by atoms with E-state index in [1.165, 1.54) is 0 Å². The van der Waals surface area contributed by atoms with E-state index < -0.39 is 0 Å². The zero-order valence-electron chi connectivity index (χ0n) is 16.6. The summed E-state index contributed by atoms with van der Waals surface area (Å²) in [5, 5.41) is 7.32. The van der Waals surface area contributed by atoms with Crippen molar-refractivity contribution < 1.29 is 9.47 Å². The van der Waals surface area contributed by atoms with Gasteiger partial charge in [-0.05, 0) is 18.1 Å². The number of guanidine groups is 1. The van der Waals surface area contributed by atoms with Crippen molar-refractivity contribution >= 4 is 41.5 Å². The molecule has 154 valence electrons. The lowest BCUT2D eigenvalue weighted by Crippen LogP contribution is -2.50. The molecule has 27 heavy (non-hydrogen) atoms. The lowest BCUT2D eigenvalue weighted by molar-refractivity contribution is -0.0284. The fraction of sp³-hybridized carbons (Fsp3) is 0.632. The molecule has 0 amide bonds. The molecule has 1 fully saturated rings. The Balaban J connectivity index is 0.00000364. The smallest absolute Gasteiger partial charge is 0.191 e. The first-order valence-electron chi connectivity index (χ1n) is 9.12. The van der Waals surface area contributed by atoms with Gasteiger partial charge in [-0.3, -0.25) is 9.89 Å². The lowest BCUT2D eigenvalue weighted by Gasteiger charge is -2.34. The minimum atomic E-state index is 0. The van der Waals surface area contributed by atoms with Crippen molar-refractivity contribution in [3.63, 3.8) is 0 Å². The predicted molar refractivity (Wildman–Crippen MR) is 123 cm³/mol. The first-order chi connectivity index (χ1) is 12.5. The monoisotopic (exact) mass is 510 g/mol. The summed E-state index contributed by atoms with van der Waals surface area (Å²) in [4.78, 5) is 6.75. The van der Waals surface area contributed by atoms with Gasteiger partial charge in [0.25, 0.3) is 0 Å². The summed E-state index contributed by atoms with van der Waals surface area (Å²) in [5.74, 6) is 2.18. The highest BCUT2D eigenvalue weighted by Crippen LogP contribution is 2.22. The third-order valence-corrected chi connectivity index (χ3v) is 4.50. The Bertz CT molecular complexity index is 601. The quantitative estimate of drug-likeness (QED) is 0.336. The molecule has 0 aromatic heterocycles. The number of halogens is 2. The molecule has 1 saturated heterocycles. The molecule has 0 radical (unpaired) electrons. The SMILES string of the molecule is CN=C(NCc1ccc(Cl)cc1OC)NCC1CN(CC(C)C)CCO1.I. The van der Waals surface area contributed by atoms with Crippen LogP contribution in [0.1, 0.15) is 19.4 Å². The Hall–Kier alpha value is -0.770. The van der Waals surface area contributed by atoms with Crippen LogP contribution < -0.4 is 15.4 Å². The maximum Gasteiger partial charge on any atom is 0.191 e. The van der Waals surface area contributed by atoms with E-state index in [4.69, 9.17) is 21.1 Å². The van der Waals surface area contributed by atoms with E-state index in [9.17, 15) is 0 Å². The largest absolute Gasteiger partial charge is 0.496 e. The Labute approximate surface area is 185 Å². The second kappa shape index (κ2) is 12.6. The highest BCUT2D eigenvalue weighted by atomic mass is 127. The molecule has 1 unspecified atom stereocenters. The molecule has 1 heterocycles. The van der Waals surface area contributed by atoms with E-state index in [1.54, 1.807) is 14.2 Å². The van der Waals surface area contributed by atoms with E-state index in [0.29, 0.717) is 17.5 Å². The molecule has 6 nitrogen and oxygen atoms in total. The van der Waals surface area contributed by atoms with E-state index in [0.717, 1.165) is 50.1 Å². The Morgan fingerprint density at radius 3 is 2.85 bits per heavy atom. The number of nitrogens with zero attached hydrogens (tertiary/aromatic N) is 2. The molecule has 2 N–H and O–H groups in total. The molecule has 8 heteroatoms. The van der Waals surface area contributed by atoms with Crippen LogP contribution in [0.3, 0.4) is 0 Å². The normalized spacial score (nSPS) is 18.1. The minimum absolute atomic E-state index is 0. The van der Waals surface area contributed by atoms with Crippen LogP contribution in [0.2, 0.25) is 5.02 Å². The van der Waals surface area contributed by atoms with Gasteiger partial charge in [0.1, 0.15) is 5.75 Å². The number of hydrogen-bond acceptors (Lipinski definition) is 4. The average molecular weight is 511 g/mol. The van der Waals surface area contributed by atoms with E-state index in [-0.39, 0.29) is 30.1 Å². The molecule has 1 aromatic rings. The molecular weight excluding hydrogens is 479 g/mol. The summed E-state index contributed by atoms with van der Waals surface area (Å²) in [5.41, 5.74) is 1.02. The van der Waals surface area contributed by atoms with Gasteiger partial charge in [0, 0.05) is 50.4 Å². The number of ether oxygens (including phenoxy) is 2. The van der Waals surface area contributed by atoms with Gasteiger partial charge >= 0.3 is 0 Å². The van der Waals surface area contributed by atoms with Crippen LogP contribution >= 0.6 is 35.6 Å². The Kier molecular flexibility index (Phi) is 11.4. The number of methoxy groups -OCH3 is 1. The third-order valence-electron chi connectivity index (χ3n) is 4.26. The number of morpholine rings is 1. The predicted octanol–water partition coefficient (Wildman–Crippen LogP) is 2.99. The lowest BCUT2D eigenvalue weighted by atomic mass is 10.2. The van der Waals surface area contributed by atoms with Gasteiger partial charge in [-0.25, -0.2) is 0 Å². The van der Waals surface area contributed by atoms with Crippen LogP contribution in [0.4, 0.5) is 0 Å². The Morgan fingerprint density at radius 1 is 1.41 bits per heavy atom. The van der Waals surface area contributed by atoms with Gasteiger partial charge in [0.2, 0.25) is 0 Å². The molecule has 1 aliphatic heterocycles. The summed E-state index contributed by atoms with van der Waals surface area (Å²) in [7, 11) is 3.41. The van der Waals surface area contributed by atoms with Crippen LogP contribution in [-0.4, -0.2) is 63.9 Å². The van der Waals surface area contributed by atoms with E-state index in [1.807, 2.05) is 18.2 Å². The van der Waals surface area contributed by atoms with Crippen molar-refractivity contribution in [2.24, 2.45) is 10.9 Å². The number of aliphatic imine (C=N–C) groups is 1. The summed E-state index contributed by atoms with van der Waals surface area (Å²) in [6, 6.07) is 5.62. The second-order valence-electron chi connectivity index (χ2n) is 6.91. The molecule has 0 bridgehead atoms. The third kappa shape index (κ3) is 8.41. The molecule has 0 saturated carbocycles. The highest BCUT2D eigenvalue weighted by Gasteiger charge is 2.21. The zero-order valence-corrected chi connectivity index (χ0v) is 19.7. The van der Waals surface area contributed by atoms with Gasteiger partial charge < -0.3 is 20.1 Å². The average Bonchev–Trinajstić information content (AvgIpc) is 2.62. The standard InChI is InChI=1S/C19H31ClN4O2.HI/c1-14(2)12-24-7-8-26-17(13-24)11-23-19(21-3)22-10-15-5-6-16(20)9-18(15)25-4;/h5-6,9,14,17H,7-8,10-13H2,1-4H3,(H2,21,22,23);1H. The van der Waals surface area contributed by atoms with Crippen LogP contribution in [0.25, 0.3) is 0 Å². The minimum Gasteiger partial charge on any atom is -0.496 e. The zero-order chi connectivity index (χ0) is 18.9. The summed E-state index contributed by atoms with van der Waals surface area (Å²) >= 11 is 6.01. The highest BCUT2D eigenvalue weighted by molar-refractivity contribution is 14.0. The van der Waals surface area contributed by atoms with Gasteiger partial charge in [-0.2, -0.15) is 0 Å². The number of hydrogen-bond donors (Lipinski definition) is 2. The summed E-state index contributed by atoms with van der Waals surface area (Å²) in [6.45, 7) is 9.69. The number of nitrogens with one attached hydrogen (secondary N) is 2. The van der Waals surface area contributed by atoms with Gasteiger partial charge in [-0.15, -0.1) is 24.0 Å². The number of benzene rings is 1. The maximum absolute atomic E-state index is 6.01. The summed E-state index contributed by atoms with van der Waals surface area (Å²) in [6.07, 6.45) is 0.172. The first kappa shape index (κ1) is 24.3. The van der Waals surface area contributed by atoms with Crippen LogP contribution in [0.5, 0.6) is 5.75 Å². The van der Waals surface area contributed by atoms with Gasteiger partial charge in [-0.1, -0.05) is 31.5 Å². The van der Waals surface area contributed by atoms with Gasteiger partial charge in [0.05, 0.1) is 19.8 Å². The number of rotatable bonds is 7. The molecule has 2 rings (SSSR count). The summed E-state index contributed by atoms with van der Waals surface area (Å²) < 4.78 is 11.3.